The molecule has 4 nitrogen and oxygen atoms in total. The molecule has 0 saturated carbocycles. The molecule has 0 aliphatic rings. The number of aromatic nitrogens is 3. The van der Waals surface area contributed by atoms with Gasteiger partial charge in [0.15, 0.2) is 10.9 Å². The van der Waals surface area contributed by atoms with Crippen LogP contribution in [0.5, 0.6) is 0 Å². The highest BCUT2D eigenvalue weighted by atomic mass is 79.9. The lowest BCUT2D eigenvalue weighted by atomic mass is 10.2. The normalized spacial score (nSPS) is 10.9. The number of Topliss-reactive ketones (excluding diaryl/α,β-unsaturated/α-hetero) is 1. The number of hydrogen-bond donors (Lipinski definition) is 0. The highest BCUT2D eigenvalue weighted by molar-refractivity contribution is 9.10. The van der Waals surface area contributed by atoms with Crippen molar-refractivity contribution < 1.29 is 4.79 Å². The summed E-state index contributed by atoms with van der Waals surface area (Å²) in [6, 6.07) is 15.9. The van der Waals surface area contributed by atoms with Gasteiger partial charge in [-0.3, -0.25) is 4.79 Å². The van der Waals surface area contributed by atoms with Gasteiger partial charge in [-0.15, -0.1) is 22.0 Å². The van der Waals surface area contributed by atoms with E-state index in [1.165, 1.54) is 22.2 Å². The van der Waals surface area contributed by atoms with E-state index in [0.29, 0.717) is 11.3 Å². The number of benzene rings is 2. The van der Waals surface area contributed by atoms with E-state index in [4.69, 9.17) is 0 Å². The van der Waals surface area contributed by atoms with E-state index in [2.05, 4.69) is 68.8 Å². The molecule has 0 radical (unpaired) electrons. The predicted octanol–water partition coefficient (Wildman–Crippen LogP) is 5.64. The van der Waals surface area contributed by atoms with Crippen molar-refractivity contribution in [2.24, 2.45) is 0 Å². The minimum absolute atomic E-state index is 0.0914. The number of ketones is 1. The van der Waals surface area contributed by atoms with Crippen LogP contribution in [0, 0.1) is 6.92 Å². The van der Waals surface area contributed by atoms with Gasteiger partial charge in [0.05, 0.1) is 11.5 Å². The monoisotopic (exact) mass is 461 g/mol. The Hall–Kier alpha value is -1.57. The van der Waals surface area contributed by atoms with Crippen LogP contribution in [0.15, 0.2) is 63.1 Å². The molecule has 1 heterocycles. The number of aryl methyl sites for hydroxylation is 1. The third-order valence-electron chi connectivity index (χ3n) is 4.00. The predicted molar refractivity (Wildman–Crippen MR) is 116 cm³/mol. The first-order chi connectivity index (χ1) is 13.1. The smallest absolute Gasteiger partial charge is 0.191 e. The van der Waals surface area contributed by atoms with Gasteiger partial charge >= 0.3 is 0 Å². The Balaban J connectivity index is 1.62. The fourth-order valence-electron chi connectivity index (χ4n) is 2.48. The van der Waals surface area contributed by atoms with E-state index in [-0.39, 0.29) is 5.78 Å². The van der Waals surface area contributed by atoms with Crippen molar-refractivity contribution >= 4 is 45.2 Å². The summed E-state index contributed by atoms with van der Waals surface area (Å²) < 4.78 is 3.05. The van der Waals surface area contributed by atoms with E-state index in [0.717, 1.165) is 27.8 Å². The lowest BCUT2D eigenvalue weighted by Crippen LogP contribution is -2.06. The highest BCUT2D eigenvalue weighted by Gasteiger charge is 2.14. The van der Waals surface area contributed by atoms with Crippen molar-refractivity contribution in [2.45, 2.75) is 36.2 Å². The van der Waals surface area contributed by atoms with Crippen LogP contribution in [-0.2, 0) is 12.3 Å². The fraction of sp³-hybridized carbons (Fsp3) is 0.250. The van der Waals surface area contributed by atoms with Crippen molar-refractivity contribution in [1.82, 2.24) is 14.8 Å². The summed E-state index contributed by atoms with van der Waals surface area (Å²) in [5.74, 6) is 2.13. The standard InChI is InChI=1S/C20H20BrN3OS2/c1-3-24-19(13-26-17-10-4-14(2)5-11-17)22-23-20(24)27-12-18(25)15-6-8-16(21)9-7-15/h4-11H,3,12-13H2,1-2H3. The summed E-state index contributed by atoms with van der Waals surface area (Å²) >= 11 is 6.57. The van der Waals surface area contributed by atoms with Crippen molar-refractivity contribution in [3.8, 4) is 0 Å². The average molecular weight is 462 g/mol. The molecule has 0 spiro atoms. The molecule has 0 bridgehead atoms. The van der Waals surface area contributed by atoms with Gasteiger partial charge in [-0.05, 0) is 38.1 Å². The number of nitrogens with zero attached hydrogens (tertiary/aromatic N) is 3. The summed E-state index contributed by atoms with van der Waals surface area (Å²) in [6.07, 6.45) is 0. The largest absolute Gasteiger partial charge is 0.306 e. The van der Waals surface area contributed by atoms with Gasteiger partial charge in [0.1, 0.15) is 5.82 Å². The van der Waals surface area contributed by atoms with Crippen molar-refractivity contribution in [2.75, 3.05) is 5.75 Å². The second-order valence-corrected chi connectivity index (χ2v) is 8.87. The van der Waals surface area contributed by atoms with E-state index in [9.17, 15) is 4.79 Å². The Morgan fingerprint density at radius 1 is 1.04 bits per heavy atom. The summed E-state index contributed by atoms with van der Waals surface area (Å²) in [5, 5.41) is 9.43. The first kappa shape index (κ1) is 20.2. The zero-order valence-corrected chi connectivity index (χ0v) is 18.4. The molecule has 2 aromatic carbocycles. The zero-order valence-electron chi connectivity index (χ0n) is 15.2. The Morgan fingerprint density at radius 3 is 2.41 bits per heavy atom. The first-order valence-corrected chi connectivity index (χ1v) is 11.4. The Morgan fingerprint density at radius 2 is 1.74 bits per heavy atom. The lowest BCUT2D eigenvalue weighted by Gasteiger charge is -2.07. The molecule has 7 heteroatoms. The summed E-state index contributed by atoms with van der Waals surface area (Å²) in [6.45, 7) is 4.94. The molecule has 0 amide bonds. The molecule has 1 aromatic heterocycles. The van der Waals surface area contributed by atoms with Crippen molar-refractivity contribution in [1.29, 1.82) is 0 Å². The molecule has 0 saturated heterocycles. The first-order valence-electron chi connectivity index (χ1n) is 8.60. The highest BCUT2D eigenvalue weighted by Crippen LogP contribution is 2.25. The van der Waals surface area contributed by atoms with Gasteiger partial charge in [0.2, 0.25) is 0 Å². The van der Waals surface area contributed by atoms with Gasteiger partial charge in [-0.25, -0.2) is 0 Å². The second kappa shape index (κ2) is 9.57. The molecule has 0 N–H and O–H groups in total. The Bertz CT molecular complexity index is 908. The maximum absolute atomic E-state index is 12.4. The third kappa shape index (κ3) is 5.46. The molecular weight excluding hydrogens is 442 g/mol. The summed E-state index contributed by atoms with van der Waals surface area (Å²) in [4.78, 5) is 13.6. The number of rotatable bonds is 8. The van der Waals surface area contributed by atoms with E-state index >= 15 is 0 Å². The maximum atomic E-state index is 12.4. The van der Waals surface area contributed by atoms with Crippen LogP contribution >= 0.6 is 39.5 Å². The third-order valence-corrected chi connectivity index (χ3v) is 6.50. The number of hydrogen-bond acceptors (Lipinski definition) is 5. The molecule has 0 unspecified atom stereocenters. The number of carbonyl (C=O) groups is 1. The molecule has 0 atom stereocenters. The molecule has 3 rings (SSSR count). The van der Waals surface area contributed by atoms with Gasteiger partial charge < -0.3 is 4.57 Å². The molecule has 0 aliphatic carbocycles. The Kier molecular flexibility index (Phi) is 7.15. The average Bonchev–Trinajstić information content (AvgIpc) is 3.08. The quantitative estimate of drug-likeness (QED) is 0.321. The second-order valence-electron chi connectivity index (χ2n) is 5.96. The van der Waals surface area contributed by atoms with E-state index in [1.54, 1.807) is 11.8 Å². The zero-order chi connectivity index (χ0) is 19.2. The van der Waals surface area contributed by atoms with Crippen molar-refractivity contribution in [3.63, 3.8) is 0 Å². The molecule has 27 heavy (non-hydrogen) atoms. The minimum Gasteiger partial charge on any atom is -0.306 e. The van der Waals surface area contributed by atoms with Gasteiger partial charge in [0.25, 0.3) is 0 Å². The Labute approximate surface area is 176 Å². The molecule has 0 aliphatic heterocycles. The van der Waals surface area contributed by atoms with Crippen LogP contribution in [0.2, 0.25) is 0 Å². The SMILES string of the molecule is CCn1c(CSc2ccc(C)cc2)nnc1SCC(=O)c1ccc(Br)cc1. The van der Waals surface area contributed by atoms with Crippen LogP contribution in [0.25, 0.3) is 0 Å². The van der Waals surface area contributed by atoms with E-state index in [1.807, 2.05) is 24.3 Å². The van der Waals surface area contributed by atoms with Crippen LogP contribution in [0.4, 0.5) is 0 Å². The fourth-order valence-corrected chi connectivity index (χ4v) is 4.50. The van der Waals surface area contributed by atoms with Crippen LogP contribution in [0.1, 0.15) is 28.7 Å². The van der Waals surface area contributed by atoms with Gasteiger partial charge in [0, 0.05) is 21.5 Å². The van der Waals surface area contributed by atoms with Gasteiger partial charge in [-0.2, -0.15) is 0 Å². The topological polar surface area (TPSA) is 47.8 Å². The molecule has 3 aromatic rings. The molecule has 0 fully saturated rings. The van der Waals surface area contributed by atoms with Crippen LogP contribution < -0.4 is 0 Å². The minimum atomic E-state index is 0.0914. The number of carbonyl (C=O) groups excluding carboxylic acids is 1. The molecule has 140 valence electrons. The number of halogens is 1. The summed E-state index contributed by atoms with van der Waals surface area (Å²) in [7, 11) is 0. The molecular formula is C20H20BrN3OS2. The van der Waals surface area contributed by atoms with E-state index < -0.39 is 0 Å². The lowest BCUT2D eigenvalue weighted by molar-refractivity contribution is 0.102. The van der Waals surface area contributed by atoms with Crippen LogP contribution in [0.3, 0.4) is 0 Å². The van der Waals surface area contributed by atoms with Crippen molar-refractivity contribution in [3.05, 3.63) is 70.0 Å². The maximum Gasteiger partial charge on any atom is 0.191 e. The number of thioether (sulfide) groups is 2. The van der Waals surface area contributed by atoms with Crippen LogP contribution in [-0.4, -0.2) is 26.3 Å². The summed E-state index contributed by atoms with van der Waals surface area (Å²) in [5.41, 5.74) is 1.97. The van der Waals surface area contributed by atoms with Gasteiger partial charge in [-0.1, -0.05) is 57.5 Å².